The van der Waals surface area contributed by atoms with Crippen molar-refractivity contribution in [2.75, 3.05) is 13.1 Å². The van der Waals surface area contributed by atoms with Gasteiger partial charge in [0.15, 0.2) is 11.5 Å². The molecular weight excluding hydrogens is 501 g/mol. The molecule has 4 aromatic heterocycles. The molecule has 0 radical (unpaired) electrons. The molecule has 0 spiro atoms. The molecule has 0 saturated heterocycles. The van der Waals surface area contributed by atoms with E-state index in [9.17, 15) is 4.39 Å². The molecule has 1 aliphatic rings. The van der Waals surface area contributed by atoms with E-state index < -0.39 is 0 Å². The Morgan fingerprint density at radius 3 is 2.60 bits per heavy atom. The van der Waals surface area contributed by atoms with E-state index in [-0.39, 0.29) is 5.82 Å². The van der Waals surface area contributed by atoms with Gasteiger partial charge in [0, 0.05) is 18.3 Å². The zero-order valence-electron chi connectivity index (χ0n) is 22.5. The van der Waals surface area contributed by atoms with Gasteiger partial charge in [-0.25, -0.2) is 14.4 Å². The summed E-state index contributed by atoms with van der Waals surface area (Å²) in [6, 6.07) is 12.1. The fraction of sp³-hybridized carbons (Fsp3) is 0.250. The molecule has 8 heteroatoms. The molecule has 0 amide bonds. The summed E-state index contributed by atoms with van der Waals surface area (Å²) in [5.41, 5.74) is 8.11. The Kier molecular flexibility index (Phi) is 7.33. The van der Waals surface area contributed by atoms with Crippen LogP contribution in [-0.2, 0) is 0 Å². The van der Waals surface area contributed by atoms with Crippen LogP contribution in [0.4, 0.5) is 4.39 Å². The number of H-pyrrole nitrogens is 2. The Labute approximate surface area is 232 Å². The van der Waals surface area contributed by atoms with Crippen molar-refractivity contribution in [3.63, 3.8) is 0 Å². The van der Waals surface area contributed by atoms with Crippen LogP contribution in [0.1, 0.15) is 38.3 Å². The number of allylic oxidation sites excluding steroid dienone is 3. The molecule has 1 aliphatic carbocycles. The van der Waals surface area contributed by atoms with Crippen LogP contribution in [0.15, 0.2) is 79.0 Å². The lowest BCUT2D eigenvalue weighted by Crippen LogP contribution is -2.23. The van der Waals surface area contributed by atoms with Crippen molar-refractivity contribution >= 4 is 27.6 Å². The number of nitrogens with zero attached hydrogens (tertiary/aromatic N) is 4. The van der Waals surface area contributed by atoms with Gasteiger partial charge in [0.1, 0.15) is 16.9 Å². The Morgan fingerprint density at radius 2 is 1.82 bits per heavy atom. The van der Waals surface area contributed by atoms with Crippen molar-refractivity contribution in [2.24, 2.45) is 5.92 Å². The van der Waals surface area contributed by atoms with Crippen molar-refractivity contribution in [3.05, 3.63) is 90.6 Å². The number of rotatable bonds is 9. The average Bonchev–Trinajstić information content (AvgIpc) is 3.74. The molecule has 40 heavy (non-hydrogen) atoms. The van der Waals surface area contributed by atoms with Gasteiger partial charge in [-0.2, -0.15) is 5.10 Å². The van der Waals surface area contributed by atoms with Crippen LogP contribution >= 0.6 is 0 Å². The van der Waals surface area contributed by atoms with Crippen molar-refractivity contribution in [1.29, 1.82) is 0 Å². The third kappa shape index (κ3) is 5.22. The Bertz CT molecular complexity index is 1720. The normalized spacial score (nSPS) is 14.9. The standard InChI is InChI=1S/C32H32FN7/c1-3-20(18-34-19-21-7-5-6-8-21)17-22(4-2)25-13-14-27-30(36-25)31(40-39-27)32-37-26-15-16-35-28(29(26)38-32)23-9-11-24(33)12-10-23/h3-4,9-17,21,34H,1,5-8,18-19H2,2H3,(H,37,38)(H,39,40)/b20-17+,22-4+. The number of hydrogen-bond donors (Lipinski definition) is 3. The summed E-state index contributed by atoms with van der Waals surface area (Å²) < 4.78 is 13.5. The Balaban J connectivity index is 1.30. The van der Waals surface area contributed by atoms with Gasteiger partial charge in [-0.3, -0.25) is 10.1 Å². The second-order valence-corrected chi connectivity index (χ2v) is 10.3. The maximum Gasteiger partial charge on any atom is 0.161 e. The van der Waals surface area contributed by atoms with Gasteiger partial charge in [-0.1, -0.05) is 31.6 Å². The van der Waals surface area contributed by atoms with E-state index in [0.29, 0.717) is 22.7 Å². The predicted octanol–water partition coefficient (Wildman–Crippen LogP) is 7.00. The van der Waals surface area contributed by atoms with Crippen molar-refractivity contribution in [3.8, 4) is 22.8 Å². The molecule has 6 rings (SSSR count). The third-order valence-electron chi connectivity index (χ3n) is 7.60. The van der Waals surface area contributed by atoms with Crippen molar-refractivity contribution in [2.45, 2.75) is 32.6 Å². The first-order valence-electron chi connectivity index (χ1n) is 13.8. The first-order chi connectivity index (χ1) is 19.6. The number of aromatic nitrogens is 6. The van der Waals surface area contributed by atoms with Gasteiger partial charge < -0.3 is 10.3 Å². The van der Waals surface area contributed by atoms with Crippen molar-refractivity contribution < 1.29 is 4.39 Å². The van der Waals surface area contributed by atoms with E-state index in [2.05, 4.69) is 44.2 Å². The van der Waals surface area contributed by atoms with Crippen LogP contribution in [0.2, 0.25) is 0 Å². The van der Waals surface area contributed by atoms with Crippen LogP contribution in [0.5, 0.6) is 0 Å². The first-order valence-corrected chi connectivity index (χ1v) is 13.8. The monoisotopic (exact) mass is 533 g/mol. The maximum absolute atomic E-state index is 13.5. The third-order valence-corrected chi connectivity index (χ3v) is 7.60. The summed E-state index contributed by atoms with van der Waals surface area (Å²) in [6.07, 6.45) is 13.2. The highest BCUT2D eigenvalue weighted by molar-refractivity contribution is 5.95. The number of fused-ring (bicyclic) bond motifs is 2. The average molecular weight is 534 g/mol. The van der Waals surface area contributed by atoms with Crippen LogP contribution in [0, 0.1) is 11.7 Å². The van der Waals surface area contributed by atoms with Gasteiger partial charge in [-0.05, 0) is 91.9 Å². The van der Waals surface area contributed by atoms with Gasteiger partial charge in [0.25, 0.3) is 0 Å². The van der Waals surface area contributed by atoms with Gasteiger partial charge in [0.2, 0.25) is 0 Å². The number of aromatic amines is 2. The fourth-order valence-corrected chi connectivity index (χ4v) is 5.41. The summed E-state index contributed by atoms with van der Waals surface area (Å²) in [5, 5.41) is 11.2. The van der Waals surface area contributed by atoms with Gasteiger partial charge in [0.05, 0.1) is 22.4 Å². The summed E-state index contributed by atoms with van der Waals surface area (Å²) in [4.78, 5) is 17.7. The second-order valence-electron chi connectivity index (χ2n) is 10.3. The summed E-state index contributed by atoms with van der Waals surface area (Å²) >= 11 is 0. The predicted molar refractivity (Wildman–Crippen MR) is 159 cm³/mol. The maximum atomic E-state index is 13.5. The van der Waals surface area contributed by atoms with Gasteiger partial charge in [-0.15, -0.1) is 0 Å². The molecule has 0 bridgehead atoms. The number of imidazole rings is 1. The summed E-state index contributed by atoms with van der Waals surface area (Å²) in [7, 11) is 0. The minimum atomic E-state index is -0.292. The quantitative estimate of drug-likeness (QED) is 0.177. The number of halogens is 1. The minimum Gasteiger partial charge on any atom is -0.336 e. The van der Waals surface area contributed by atoms with Crippen LogP contribution in [0.3, 0.4) is 0 Å². The number of hydrogen-bond acceptors (Lipinski definition) is 5. The molecular formula is C32H32FN7. The van der Waals surface area contributed by atoms with Crippen LogP contribution in [-0.4, -0.2) is 43.2 Å². The molecule has 7 nitrogen and oxygen atoms in total. The molecule has 3 N–H and O–H groups in total. The molecule has 202 valence electrons. The van der Waals surface area contributed by atoms with Crippen molar-refractivity contribution in [1.82, 2.24) is 35.5 Å². The lowest BCUT2D eigenvalue weighted by atomic mass is 10.1. The highest BCUT2D eigenvalue weighted by Crippen LogP contribution is 2.30. The number of benzene rings is 1. The minimum absolute atomic E-state index is 0.292. The SMILES string of the molecule is C=C/C(=C\C(=C/C)c1ccc2[nH]nc(-c3nc4c(-c5ccc(F)cc5)nccc4[nH]3)c2n1)CNCC1CCCC1. The van der Waals surface area contributed by atoms with Gasteiger partial charge >= 0.3 is 0 Å². The molecule has 1 fully saturated rings. The largest absolute Gasteiger partial charge is 0.336 e. The first kappa shape index (κ1) is 25.8. The summed E-state index contributed by atoms with van der Waals surface area (Å²) in [5.74, 6) is 1.08. The highest BCUT2D eigenvalue weighted by Gasteiger charge is 2.18. The molecule has 0 aliphatic heterocycles. The topological polar surface area (TPSA) is 95.2 Å². The lowest BCUT2D eigenvalue weighted by molar-refractivity contribution is 0.503. The Morgan fingerprint density at radius 1 is 1.02 bits per heavy atom. The molecule has 0 unspecified atom stereocenters. The van der Waals surface area contributed by atoms with E-state index in [1.807, 2.05) is 31.2 Å². The zero-order chi connectivity index (χ0) is 27.5. The second kappa shape index (κ2) is 11.4. The van der Waals surface area contributed by atoms with E-state index in [0.717, 1.165) is 58.0 Å². The van der Waals surface area contributed by atoms with E-state index in [1.54, 1.807) is 18.3 Å². The number of nitrogens with one attached hydrogen (secondary N) is 3. The molecule has 4 heterocycles. The molecule has 1 saturated carbocycles. The van der Waals surface area contributed by atoms with E-state index in [1.165, 1.54) is 37.8 Å². The van der Waals surface area contributed by atoms with E-state index in [4.69, 9.17) is 9.97 Å². The molecule has 1 aromatic carbocycles. The fourth-order valence-electron chi connectivity index (χ4n) is 5.41. The van der Waals surface area contributed by atoms with Crippen LogP contribution < -0.4 is 5.32 Å². The van der Waals surface area contributed by atoms with Crippen LogP contribution in [0.25, 0.3) is 50.4 Å². The van der Waals surface area contributed by atoms with E-state index >= 15 is 0 Å². The lowest BCUT2D eigenvalue weighted by Gasteiger charge is -2.11. The number of pyridine rings is 2. The smallest absolute Gasteiger partial charge is 0.161 e. The zero-order valence-corrected chi connectivity index (χ0v) is 22.5. The molecule has 0 atom stereocenters. The molecule has 5 aromatic rings. The highest BCUT2D eigenvalue weighted by atomic mass is 19.1. The summed E-state index contributed by atoms with van der Waals surface area (Å²) in [6.45, 7) is 7.88. The Hall–Kier alpha value is -4.43.